The fourth-order valence-corrected chi connectivity index (χ4v) is 2.31. The number of benzene rings is 1. The highest BCUT2D eigenvalue weighted by Crippen LogP contribution is 2.29. The molecule has 1 heterocycles. The minimum Gasteiger partial charge on any atom is -0.477 e. The van der Waals surface area contributed by atoms with Gasteiger partial charge >= 0.3 is 5.97 Å². The lowest BCUT2D eigenvalue weighted by molar-refractivity contribution is -0.385. The minimum atomic E-state index is -1.29. The van der Waals surface area contributed by atoms with Crippen LogP contribution in [0.1, 0.15) is 16.8 Å². The van der Waals surface area contributed by atoms with E-state index in [1.807, 2.05) is 4.90 Å². The predicted molar refractivity (Wildman–Crippen MR) is 69.4 cm³/mol. The number of hydrogen-bond acceptors (Lipinski definition) is 5. The van der Waals surface area contributed by atoms with Gasteiger partial charge in [-0.05, 0) is 31.0 Å². The van der Waals surface area contributed by atoms with Gasteiger partial charge in [0.05, 0.1) is 4.92 Å². The third-order valence-corrected chi connectivity index (χ3v) is 3.39. The molecule has 1 aromatic rings. The monoisotopic (exact) mass is 265 g/mol. The van der Waals surface area contributed by atoms with Crippen molar-refractivity contribution < 1.29 is 14.8 Å². The highest BCUT2D eigenvalue weighted by molar-refractivity contribution is 5.93. The topological polar surface area (TPSA) is 110 Å². The van der Waals surface area contributed by atoms with E-state index >= 15 is 0 Å². The van der Waals surface area contributed by atoms with Crippen molar-refractivity contribution in [3.05, 3.63) is 33.9 Å². The Kier molecular flexibility index (Phi) is 3.66. The number of carboxylic acid groups (broad SMARTS) is 1. The van der Waals surface area contributed by atoms with Crippen LogP contribution in [0, 0.1) is 16.0 Å². The van der Waals surface area contributed by atoms with Crippen LogP contribution in [0.15, 0.2) is 18.2 Å². The van der Waals surface area contributed by atoms with Crippen LogP contribution in [0.25, 0.3) is 0 Å². The molecule has 1 aliphatic rings. The van der Waals surface area contributed by atoms with Crippen molar-refractivity contribution in [1.82, 2.24) is 0 Å². The molecule has 0 saturated carbocycles. The molecule has 0 amide bonds. The Bertz CT molecular complexity index is 518. The first kappa shape index (κ1) is 13.3. The Morgan fingerprint density at radius 3 is 2.84 bits per heavy atom. The lowest BCUT2D eigenvalue weighted by Gasteiger charge is -2.18. The summed E-state index contributed by atoms with van der Waals surface area (Å²) in [5.41, 5.74) is 5.61. The molecule has 1 fully saturated rings. The molecule has 0 radical (unpaired) electrons. The SMILES string of the molecule is NCC1CCN(c2ccc(C(=O)O)c([N+](=O)[O-])c2)C1. The number of aromatic carboxylic acids is 1. The maximum atomic E-state index is 10.9. The summed E-state index contributed by atoms with van der Waals surface area (Å²) in [6.45, 7) is 2.12. The predicted octanol–water partition coefficient (Wildman–Crippen LogP) is 1.08. The number of carbonyl (C=O) groups is 1. The fourth-order valence-electron chi connectivity index (χ4n) is 2.31. The molecule has 0 bridgehead atoms. The van der Waals surface area contributed by atoms with Crippen LogP contribution in [0.3, 0.4) is 0 Å². The summed E-state index contributed by atoms with van der Waals surface area (Å²) in [5.74, 6) is -0.905. The molecule has 2 rings (SSSR count). The summed E-state index contributed by atoms with van der Waals surface area (Å²) >= 11 is 0. The van der Waals surface area contributed by atoms with Crippen molar-refractivity contribution in [2.45, 2.75) is 6.42 Å². The zero-order valence-electron chi connectivity index (χ0n) is 10.3. The molecule has 1 aliphatic heterocycles. The third kappa shape index (κ3) is 2.65. The molecule has 1 aromatic carbocycles. The van der Waals surface area contributed by atoms with Gasteiger partial charge in [-0.15, -0.1) is 0 Å². The summed E-state index contributed by atoms with van der Waals surface area (Å²) < 4.78 is 0. The van der Waals surface area contributed by atoms with Gasteiger partial charge in [-0.3, -0.25) is 10.1 Å². The van der Waals surface area contributed by atoms with E-state index in [1.54, 1.807) is 6.07 Å². The van der Waals surface area contributed by atoms with E-state index in [0.29, 0.717) is 18.2 Å². The second-order valence-electron chi connectivity index (χ2n) is 4.60. The van der Waals surface area contributed by atoms with E-state index in [4.69, 9.17) is 10.8 Å². The van der Waals surface area contributed by atoms with Gasteiger partial charge in [0.1, 0.15) is 5.56 Å². The van der Waals surface area contributed by atoms with Crippen molar-refractivity contribution in [1.29, 1.82) is 0 Å². The summed E-state index contributed by atoms with van der Waals surface area (Å²) in [6, 6.07) is 4.21. The van der Waals surface area contributed by atoms with Crippen molar-refractivity contribution in [2.75, 3.05) is 24.5 Å². The summed E-state index contributed by atoms with van der Waals surface area (Å²) in [5, 5.41) is 19.8. The Morgan fingerprint density at radius 2 is 2.32 bits per heavy atom. The maximum Gasteiger partial charge on any atom is 0.342 e. The van der Waals surface area contributed by atoms with Crippen LogP contribution >= 0.6 is 0 Å². The molecular weight excluding hydrogens is 250 g/mol. The molecule has 0 aromatic heterocycles. The lowest BCUT2D eigenvalue weighted by Crippen LogP contribution is -2.22. The number of carboxylic acids is 1. The van der Waals surface area contributed by atoms with Crippen LogP contribution in [-0.4, -0.2) is 35.6 Å². The van der Waals surface area contributed by atoms with Crippen molar-refractivity contribution >= 4 is 17.3 Å². The number of hydrogen-bond donors (Lipinski definition) is 2. The number of rotatable bonds is 4. The van der Waals surface area contributed by atoms with Crippen molar-refractivity contribution in [2.24, 2.45) is 11.7 Å². The molecule has 0 aliphatic carbocycles. The first-order valence-corrected chi connectivity index (χ1v) is 5.99. The number of anilines is 1. The Balaban J connectivity index is 2.31. The summed E-state index contributed by atoms with van der Waals surface area (Å²) in [6.07, 6.45) is 0.949. The smallest absolute Gasteiger partial charge is 0.342 e. The molecule has 19 heavy (non-hydrogen) atoms. The maximum absolute atomic E-state index is 10.9. The molecule has 102 valence electrons. The fraction of sp³-hybridized carbons (Fsp3) is 0.417. The zero-order valence-corrected chi connectivity index (χ0v) is 10.3. The van der Waals surface area contributed by atoms with E-state index in [1.165, 1.54) is 12.1 Å². The number of nitro groups is 1. The second-order valence-corrected chi connectivity index (χ2v) is 4.60. The summed E-state index contributed by atoms with van der Waals surface area (Å²) in [4.78, 5) is 23.2. The van der Waals surface area contributed by atoms with Gasteiger partial charge in [0.15, 0.2) is 0 Å². The van der Waals surface area contributed by atoms with Gasteiger partial charge in [-0.1, -0.05) is 0 Å². The molecule has 0 spiro atoms. The normalized spacial score (nSPS) is 18.6. The van der Waals surface area contributed by atoms with Crippen molar-refractivity contribution in [3.63, 3.8) is 0 Å². The van der Waals surface area contributed by atoms with Crippen molar-refractivity contribution in [3.8, 4) is 0 Å². The Morgan fingerprint density at radius 1 is 1.58 bits per heavy atom. The quantitative estimate of drug-likeness (QED) is 0.622. The Hall–Kier alpha value is -2.15. The van der Waals surface area contributed by atoms with E-state index < -0.39 is 10.9 Å². The second kappa shape index (κ2) is 5.23. The number of nitro benzene ring substituents is 1. The Labute approximate surface area is 109 Å². The largest absolute Gasteiger partial charge is 0.477 e. The van der Waals surface area contributed by atoms with E-state index in [2.05, 4.69) is 0 Å². The van der Waals surface area contributed by atoms with E-state index in [9.17, 15) is 14.9 Å². The van der Waals surface area contributed by atoms with Gasteiger partial charge in [-0.2, -0.15) is 0 Å². The van der Waals surface area contributed by atoms with Gasteiger partial charge in [0.25, 0.3) is 5.69 Å². The average Bonchev–Trinajstić information content (AvgIpc) is 2.86. The van der Waals surface area contributed by atoms with Crippen LogP contribution in [-0.2, 0) is 0 Å². The van der Waals surface area contributed by atoms with Crippen LogP contribution < -0.4 is 10.6 Å². The highest BCUT2D eigenvalue weighted by atomic mass is 16.6. The van der Waals surface area contributed by atoms with Gasteiger partial charge in [0, 0.05) is 24.8 Å². The lowest BCUT2D eigenvalue weighted by atomic mass is 10.1. The van der Waals surface area contributed by atoms with Crippen LogP contribution in [0.2, 0.25) is 0 Å². The number of nitrogens with two attached hydrogens (primary N) is 1. The molecule has 7 nitrogen and oxygen atoms in total. The van der Waals surface area contributed by atoms with Crippen LogP contribution in [0.4, 0.5) is 11.4 Å². The van der Waals surface area contributed by atoms with E-state index in [-0.39, 0.29) is 11.3 Å². The summed E-state index contributed by atoms with van der Waals surface area (Å²) in [7, 11) is 0. The molecule has 1 atom stereocenters. The average molecular weight is 265 g/mol. The minimum absolute atomic E-state index is 0.289. The first-order valence-electron chi connectivity index (χ1n) is 5.99. The standard InChI is InChI=1S/C12H15N3O4/c13-6-8-3-4-14(7-8)9-1-2-10(12(16)17)11(5-9)15(18)19/h1-2,5,8H,3-4,6-7,13H2,(H,16,17). The molecular formula is C12H15N3O4. The van der Waals surface area contributed by atoms with Gasteiger partial charge in [0.2, 0.25) is 0 Å². The molecule has 1 saturated heterocycles. The third-order valence-electron chi connectivity index (χ3n) is 3.39. The molecule has 3 N–H and O–H groups in total. The first-order chi connectivity index (χ1) is 9.02. The zero-order chi connectivity index (χ0) is 14.0. The molecule has 7 heteroatoms. The highest BCUT2D eigenvalue weighted by Gasteiger charge is 2.25. The van der Waals surface area contributed by atoms with E-state index in [0.717, 1.165) is 19.5 Å². The van der Waals surface area contributed by atoms with Gasteiger partial charge in [-0.25, -0.2) is 4.79 Å². The number of nitrogens with zero attached hydrogens (tertiary/aromatic N) is 2. The van der Waals surface area contributed by atoms with Crippen LogP contribution in [0.5, 0.6) is 0 Å². The molecule has 1 unspecified atom stereocenters. The van der Waals surface area contributed by atoms with Gasteiger partial charge < -0.3 is 15.7 Å².